The van der Waals surface area contributed by atoms with Crippen molar-refractivity contribution in [2.75, 3.05) is 6.54 Å². The third-order valence-electron chi connectivity index (χ3n) is 4.93. The zero-order chi connectivity index (χ0) is 21.3. The van der Waals surface area contributed by atoms with Gasteiger partial charge in [-0.1, -0.05) is 18.2 Å². The van der Waals surface area contributed by atoms with Crippen LogP contribution in [0.15, 0.2) is 64.6 Å². The van der Waals surface area contributed by atoms with E-state index in [2.05, 4.69) is 10.6 Å². The summed E-state index contributed by atoms with van der Waals surface area (Å²) < 4.78 is 18.6. The Balaban J connectivity index is 1.52. The summed E-state index contributed by atoms with van der Waals surface area (Å²) in [7, 11) is 0. The number of benzene rings is 1. The first-order valence-electron chi connectivity index (χ1n) is 9.15. The third-order valence-corrected chi connectivity index (χ3v) is 5.86. The summed E-state index contributed by atoms with van der Waals surface area (Å²) in [5.41, 5.74) is -0.685. The van der Waals surface area contributed by atoms with E-state index in [4.69, 9.17) is 4.42 Å². The number of nitrogens with one attached hydrogen (secondary N) is 2. The molecule has 154 valence electrons. The van der Waals surface area contributed by atoms with Gasteiger partial charge in [-0.15, -0.1) is 11.3 Å². The molecule has 1 aliphatic rings. The molecule has 0 bridgehead atoms. The maximum absolute atomic E-state index is 13.3. The zero-order valence-electron chi connectivity index (χ0n) is 15.9. The van der Waals surface area contributed by atoms with Crippen molar-refractivity contribution in [3.05, 3.63) is 82.2 Å². The molecule has 4 rings (SSSR count). The molecule has 2 unspecified atom stereocenters. The second kappa shape index (κ2) is 7.75. The summed E-state index contributed by atoms with van der Waals surface area (Å²) in [6.07, 6.45) is 1.41. The molecule has 1 saturated heterocycles. The lowest BCUT2D eigenvalue weighted by molar-refractivity contribution is -0.135. The van der Waals surface area contributed by atoms with E-state index in [0.29, 0.717) is 5.56 Å². The third kappa shape index (κ3) is 3.59. The number of halogens is 1. The summed E-state index contributed by atoms with van der Waals surface area (Å²) in [6.45, 7) is 1.07. The molecule has 4 amide bonds. The lowest BCUT2D eigenvalue weighted by atomic mass is 9.99. The van der Waals surface area contributed by atoms with E-state index in [0.717, 1.165) is 9.78 Å². The van der Waals surface area contributed by atoms with Crippen molar-refractivity contribution in [2.24, 2.45) is 0 Å². The van der Waals surface area contributed by atoms with Crippen molar-refractivity contribution >= 4 is 29.2 Å². The number of hydrogen-bond acceptors (Lipinski definition) is 5. The molecule has 9 heteroatoms. The minimum absolute atomic E-state index is 0.284. The average molecular weight is 427 g/mol. The van der Waals surface area contributed by atoms with Crippen molar-refractivity contribution < 1.29 is 23.2 Å². The van der Waals surface area contributed by atoms with Gasteiger partial charge in [0.25, 0.3) is 5.91 Å². The fraction of sp³-hybridized carbons (Fsp3) is 0.190. The molecule has 1 aliphatic heterocycles. The number of nitrogens with zero attached hydrogens (tertiary/aromatic N) is 1. The van der Waals surface area contributed by atoms with Crippen molar-refractivity contribution in [1.29, 1.82) is 0 Å². The molecule has 0 aliphatic carbocycles. The van der Waals surface area contributed by atoms with Gasteiger partial charge in [-0.25, -0.2) is 9.18 Å². The molecule has 1 fully saturated rings. The smallest absolute Gasteiger partial charge is 0.325 e. The van der Waals surface area contributed by atoms with Gasteiger partial charge in [-0.05, 0) is 48.2 Å². The largest absolute Gasteiger partial charge is 0.466 e. The van der Waals surface area contributed by atoms with E-state index in [9.17, 15) is 18.8 Å². The van der Waals surface area contributed by atoms with Crippen LogP contribution in [0.1, 0.15) is 29.2 Å². The second-order valence-corrected chi connectivity index (χ2v) is 7.97. The number of amides is 4. The summed E-state index contributed by atoms with van der Waals surface area (Å²) in [5.74, 6) is -1.20. The Hall–Kier alpha value is -3.46. The van der Waals surface area contributed by atoms with Crippen LogP contribution >= 0.6 is 11.3 Å². The van der Waals surface area contributed by atoms with Crippen LogP contribution < -0.4 is 10.6 Å². The first-order valence-corrected chi connectivity index (χ1v) is 10.0. The minimum atomic E-state index is -1.37. The highest BCUT2D eigenvalue weighted by Crippen LogP contribution is 2.30. The van der Waals surface area contributed by atoms with Crippen LogP contribution in [0.4, 0.5) is 9.18 Å². The van der Waals surface area contributed by atoms with Gasteiger partial charge in [0.2, 0.25) is 5.91 Å². The number of urea groups is 1. The van der Waals surface area contributed by atoms with Crippen LogP contribution in [-0.2, 0) is 15.1 Å². The van der Waals surface area contributed by atoms with Gasteiger partial charge in [0, 0.05) is 4.88 Å². The molecule has 0 spiro atoms. The maximum Gasteiger partial charge on any atom is 0.325 e. The lowest BCUT2D eigenvalue weighted by Gasteiger charge is -2.21. The molecular formula is C21H18FN3O4S. The molecule has 0 saturated carbocycles. The first kappa shape index (κ1) is 19.8. The van der Waals surface area contributed by atoms with Crippen LogP contribution in [0.3, 0.4) is 0 Å². The molecule has 2 aromatic heterocycles. The Labute approximate surface area is 175 Å². The highest BCUT2D eigenvalue weighted by Gasteiger charge is 2.51. The van der Waals surface area contributed by atoms with E-state index in [1.807, 2.05) is 17.5 Å². The lowest BCUT2D eigenvalue weighted by Crippen LogP contribution is -2.43. The Morgan fingerprint density at radius 2 is 2.00 bits per heavy atom. The molecule has 3 heterocycles. The fourth-order valence-electron chi connectivity index (χ4n) is 3.35. The second-order valence-electron chi connectivity index (χ2n) is 6.99. The van der Waals surface area contributed by atoms with Crippen LogP contribution in [0.25, 0.3) is 0 Å². The predicted molar refractivity (Wildman–Crippen MR) is 107 cm³/mol. The first-order chi connectivity index (χ1) is 14.4. The standard InChI is InChI=1S/C21H18FN3O4S/c1-21(16-5-2-10-29-16)19(27)25(20(28)24-21)12-17(26)23-18(15-4-3-11-30-15)13-6-8-14(22)9-7-13/h2-11,18H,12H2,1H3,(H,23,26)(H,24,28). The van der Waals surface area contributed by atoms with E-state index < -0.39 is 36.0 Å². The zero-order valence-corrected chi connectivity index (χ0v) is 16.7. The molecular weight excluding hydrogens is 409 g/mol. The van der Waals surface area contributed by atoms with Crippen molar-refractivity contribution in [2.45, 2.75) is 18.5 Å². The Morgan fingerprint density at radius 1 is 1.23 bits per heavy atom. The summed E-state index contributed by atoms with van der Waals surface area (Å²) >= 11 is 1.43. The van der Waals surface area contributed by atoms with Gasteiger partial charge in [0.15, 0.2) is 5.54 Å². The Kier molecular flexibility index (Phi) is 5.13. The molecule has 2 N–H and O–H groups in total. The van der Waals surface area contributed by atoms with Gasteiger partial charge in [-0.2, -0.15) is 0 Å². The fourth-order valence-corrected chi connectivity index (χ4v) is 4.15. The molecule has 0 radical (unpaired) electrons. The van der Waals surface area contributed by atoms with Gasteiger partial charge >= 0.3 is 6.03 Å². The summed E-state index contributed by atoms with van der Waals surface area (Å²) in [5, 5.41) is 7.28. The Morgan fingerprint density at radius 3 is 2.63 bits per heavy atom. The predicted octanol–water partition coefficient (Wildman–Crippen LogP) is 3.15. The van der Waals surface area contributed by atoms with E-state index in [1.165, 1.54) is 36.7 Å². The number of carbonyl (C=O) groups is 3. The highest BCUT2D eigenvalue weighted by atomic mass is 32.1. The monoisotopic (exact) mass is 427 g/mol. The van der Waals surface area contributed by atoms with E-state index in [-0.39, 0.29) is 11.6 Å². The molecule has 7 nitrogen and oxygen atoms in total. The SMILES string of the molecule is CC1(c2ccco2)NC(=O)N(CC(=O)NC(c2ccc(F)cc2)c2cccs2)C1=O. The van der Waals surface area contributed by atoms with Crippen molar-refractivity contribution in [1.82, 2.24) is 15.5 Å². The quantitative estimate of drug-likeness (QED) is 0.591. The minimum Gasteiger partial charge on any atom is -0.466 e. The maximum atomic E-state index is 13.3. The molecule has 2 atom stereocenters. The van der Waals surface area contributed by atoms with Gasteiger partial charge in [0.05, 0.1) is 12.3 Å². The van der Waals surface area contributed by atoms with Crippen molar-refractivity contribution in [3.63, 3.8) is 0 Å². The van der Waals surface area contributed by atoms with Crippen LogP contribution in [-0.4, -0.2) is 29.3 Å². The summed E-state index contributed by atoms with van der Waals surface area (Å²) in [6, 6.07) is 11.5. The van der Waals surface area contributed by atoms with Gasteiger partial charge in [-0.3, -0.25) is 14.5 Å². The van der Waals surface area contributed by atoms with Crippen molar-refractivity contribution in [3.8, 4) is 0 Å². The van der Waals surface area contributed by atoms with E-state index >= 15 is 0 Å². The number of furan rings is 1. The van der Waals surface area contributed by atoms with Crippen LogP contribution in [0, 0.1) is 5.82 Å². The Bertz CT molecular complexity index is 1070. The van der Waals surface area contributed by atoms with Gasteiger partial charge < -0.3 is 15.1 Å². The summed E-state index contributed by atoms with van der Waals surface area (Å²) in [4.78, 5) is 39.7. The topological polar surface area (TPSA) is 91.7 Å². The molecule has 1 aromatic carbocycles. The number of thiophene rings is 1. The molecule has 3 aromatic rings. The number of hydrogen-bond donors (Lipinski definition) is 2. The highest BCUT2D eigenvalue weighted by molar-refractivity contribution is 7.10. The molecule has 30 heavy (non-hydrogen) atoms. The number of imide groups is 1. The average Bonchev–Trinajstić information content (AvgIpc) is 3.47. The van der Waals surface area contributed by atoms with E-state index in [1.54, 1.807) is 24.3 Å². The number of rotatable bonds is 6. The normalized spacial score (nSPS) is 19.6. The van der Waals surface area contributed by atoms with Gasteiger partial charge in [0.1, 0.15) is 18.1 Å². The number of carbonyl (C=O) groups excluding carboxylic acids is 3. The van der Waals surface area contributed by atoms with Crippen LogP contribution in [0.5, 0.6) is 0 Å². The van der Waals surface area contributed by atoms with Crippen LogP contribution in [0.2, 0.25) is 0 Å².